The molecule has 22 heavy (non-hydrogen) atoms. The van der Waals surface area contributed by atoms with E-state index in [9.17, 15) is 18.0 Å². The summed E-state index contributed by atoms with van der Waals surface area (Å²) in [6, 6.07) is 8.93. The monoisotopic (exact) mass is 317 g/mol. The molecule has 0 bridgehead atoms. The zero-order chi connectivity index (χ0) is 15.9. The van der Waals surface area contributed by atoms with Gasteiger partial charge < -0.3 is 0 Å². The van der Waals surface area contributed by atoms with Crippen molar-refractivity contribution in [1.82, 2.24) is 14.5 Å². The Labute approximate surface area is 124 Å². The highest BCUT2D eigenvalue weighted by atomic mass is 32.2. The zero-order valence-corrected chi connectivity index (χ0v) is 12.3. The van der Waals surface area contributed by atoms with Crippen LogP contribution in [0.25, 0.3) is 16.7 Å². The van der Waals surface area contributed by atoms with Crippen LogP contribution >= 0.6 is 0 Å². The van der Waals surface area contributed by atoms with Crippen molar-refractivity contribution in [3.8, 4) is 5.69 Å². The second kappa shape index (κ2) is 4.92. The molecule has 1 N–H and O–H groups in total. The van der Waals surface area contributed by atoms with Crippen LogP contribution in [-0.2, 0) is 9.84 Å². The number of nitrogens with one attached hydrogen (secondary N) is 1. The Morgan fingerprint density at radius 2 is 1.77 bits per heavy atom. The van der Waals surface area contributed by atoms with Crippen LogP contribution in [0, 0.1) is 0 Å². The van der Waals surface area contributed by atoms with E-state index < -0.39 is 21.1 Å². The molecular weight excluding hydrogens is 306 g/mol. The van der Waals surface area contributed by atoms with Gasteiger partial charge in [0.2, 0.25) is 0 Å². The van der Waals surface area contributed by atoms with Gasteiger partial charge in [0.15, 0.2) is 15.5 Å². The van der Waals surface area contributed by atoms with E-state index in [4.69, 9.17) is 0 Å². The van der Waals surface area contributed by atoms with Crippen molar-refractivity contribution in [1.29, 1.82) is 0 Å². The van der Waals surface area contributed by atoms with E-state index in [1.165, 1.54) is 35.0 Å². The van der Waals surface area contributed by atoms with Crippen LogP contribution < -0.4 is 11.2 Å². The minimum atomic E-state index is -3.32. The lowest BCUT2D eigenvalue weighted by Gasteiger charge is -2.08. The van der Waals surface area contributed by atoms with E-state index in [0.717, 1.165) is 6.26 Å². The predicted molar refractivity (Wildman–Crippen MR) is 81.1 cm³/mol. The first kappa shape index (κ1) is 14.2. The second-order valence-electron chi connectivity index (χ2n) is 4.74. The molecule has 0 spiro atoms. The summed E-state index contributed by atoms with van der Waals surface area (Å²) in [6.07, 6.45) is 2.58. The molecule has 1 aromatic carbocycles. The number of aromatic nitrogens is 3. The van der Waals surface area contributed by atoms with Gasteiger partial charge in [0.05, 0.1) is 16.0 Å². The maximum atomic E-state index is 12.1. The molecule has 0 radical (unpaired) electrons. The average molecular weight is 317 g/mol. The Bertz CT molecular complexity index is 1080. The highest BCUT2D eigenvalue weighted by molar-refractivity contribution is 7.90. The van der Waals surface area contributed by atoms with Gasteiger partial charge in [0.1, 0.15) is 0 Å². The molecule has 112 valence electrons. The van der Waals surface area contributed by atoms with Crippen LogP contribution in [0.4, 0.5) is 0 Å². The van der Waals surface area contributed by atoms with Crippen LogP contribution in [0.15, 0.2) is 57.1 Å². The SMILES string of the molecule is CS(=O)(=O)c1ccc(-n2c(=O)[nH]c(=O)c3cccnc32)cc1. The topological polar surface area (TPSA) is 102 Å². The molecule has 0 aliphatic heterocycles. The first-order valence-corrected chi connectivity index (χ1v) is 8.17. The third-order valence-corrected chi connectivity index (χ3v) is 4.32. The summed E-state index contributed by atoms with van der Waals surface area (Å²) >= 11 is 0. The van der Waals surface area contributed by atoms with E-state index in [1.807, 2.05) is 0 Å². The van der Waals surface area contributed by atoms with Crippen LogP contribution in [-0.4, -0.2) is 29.2 Å². The quantitative estimate of drug-likeness (QED) is 0.740. The van der Waals surface area contributed by atoms with Gasteiger partial charge in [0.25, 0.3) is 5.56 Å². The highest BCUT2D eigenvalue weighted by Crippen LogP contribution is 2.15. The average Bonchev–Trinajstić information content (AvgIpc) is 2.47. The predicted octanol–water partition coefficient (Wildman–Crippen LogP) is 0.477. The summed E-state index contributed by atoms with van der Waals surface area (Å²) in [5.41, 5.74) is -0.527. The molecule has 3 aromatic rings. The summed E-state index contributed by atoms with van der Waals surface area (Å²) < 4.78 is 24.2. The van der Waals surface area contributed by atoms with Crippen molar-refractivity contribution in [3.05, 3.63) is 63.4 Å². The number of aromatic amines is 1. The summed E-state index contributed by atoms with van der Waals surface area (Å²) in [5.74, 6) is 0. The minimum absolute atomic E-state index is 0.144. The number of hydrogen-bond acceptors (Lipinski definition) is 5. The highest BCUT2D eigenvalue weighted by Gasteiger charge is 2.11. The third-order valence-electron chi connectivity index (χ3n) is 3.19. The van der Waals surface area contributed by atoms with Crippen molar-refractivity contribution in [3.63, 3.8) is 0 Å². The number of nitrogens with zero attached hydrogens (tertiary/aromatic N) is 2. The standard InChI is InChI=1S/C14H11N3O4S/c1-22(20,21)10-6-4-9(5-7-10)17-12-11(3-2-8-15-12)13(18)16-14(17)19/h2-8H,1H3,(H,16,18,19). The summed E-state index contributed by atoms with van der Waals surface area (Å²) in [4.78, 5) is 30.3. The summed E-state index contributed by atoms with van der Waals surface area (Å²) in [6.45, 7) is 0. The number of rotatable bonds is 2. The molecule has 2 heterocycles. The molecular formula is C14H11N3O4S. The van der Waals surface area contributed by atoms with Crippen molar-refractivity contribution in [2.75, 3.05) is 6.26 Å². The molecule has 0 aliphatic carbocycles. The number of H-pyrrole nitrogens is 1. The zero-order valence-electron chi connectivity index (χ0n) is 11.5. The van der Waals surface area contributed by atoms with Crippen molar-refractivity contribution in [2.45, 2.75) is 4.90 Å². The van der Waals surface area contributed by atoms with Gasteiger partial charge in [-0.2, -0.15) is 0 Å². The van der Waals surface area contributed by atoms with Gasteiger partial charge in [-0.05, 0) is 36.4 Å². The maximum Gasteiger partial charge on any atom is 0.334 e. The molecule has 7 nitrogen and oxygen atoms in total. The Morgan fingerprint density at radius 3 is 2.41 bits per heavy atom. The molecule has 0 atom stereocenters. The summed E-state index contributed by atoms with van der Waals surface area (Å²) in [7, 11) is -3.32. The van der Waals surface area contributed by atoms with Gasteiger partial charge in [-0.25, -0.2) is 22.8 Å². The van der Waals surface area contributed by atoms with E-state index in [2.05, 4.69) is 9.97 Å². The van der Waals surface area contributed by atoms with Crippen LogP contribution in [0.5, 0.6) is 0 Å². The Morgan fingerprint density at radius 1 is 1.09 bits per heavy atom. The van der Waals surface area contributed by atoms with Crippen molar-refractivity contribution < 1.29 is 8.42 Å². The van der Waals surface area contributed by atoms with Crippen molar-refractivity contribution in [2.24, 2.45) is 0 Å². The molecule has 0 unspecified atom stereocenters. The summed E-state index contributed by atoms with van der Waals surface area (Å²) in [5, 5.41) is 0.272. The normalized spacial score (nSPS) is 11.7. The fraction of sp³-hybridized carbons (Fsp3) is 0.0714. The number of hydrogen-bond donors (Lipinski definition) is 1. The third kappa shape index (κ3) is 2.33. The van der Waals surface area contributed by atoms with E-state index >= 15 is 0 Å². The van der Waals surface area contributed by atoms with Gasteiger partial charge in [-0.3, -0.25) is 9.78 Å². The Balaban J connectivity index is 2.31. The second-order valence-corrected chi connectivity index (χ2v) is 6.75. The van der Waals surface area contributed by atoms with Gasteiger partial charge in [-0.1, -0.05) is 0 Å². The molecule has 0 aliphatic rings. The van der Waals surface area contributed by atoms with Crippen LogP contribution in [0.2, 0.25) is 0 Å². The molecule has 0 saturated carbocycles. The van der Waals surface area contributed by atoms with Crippen LogP contribution in [0.3, 0.4) is 0 Å². The fourth-order valence-corrected chi connectivity index (χ4v) is 2.78. The molecule has 0 fully saturated rings. The molecule has 8 heteroatoms. The lowest BCUT2D eigenvalue weighted by Crippen LogP contribution is -2.29. The number of pyridine rings is 1. The molecule has 2 aromatic heterocycles. The van der Waals surface area contributed by atoms with Gasteiger partial charge in [-0.15, -0.1) is 0 Å². The molecule has 3 rings (SSSR count). The largest absolute Gasteiger partial charge is 0.334 e. The molecule has 0 saturated heterocycles. The van der Waals surface area contributed by atoms with E-state index in [-0.39, 0.29) is 15.9 Å². The lowest BCUT2D eigenvalue weighted by molar-refractivity contribution is 0.602. The maximum absolute atomic E-state index is 12.1. The minimum Gasteiger partial charge on any atom is -0.273 e. The van der Waals surface area contributed by atoms with Crippen LogP contribution in [0.1, 0.15) is 0 Å². The Kier molecular flexibility index (Phi) is 3.18. The van der Waals surface area contributed by atoms with E-state index in [0.29, 0.717) is 5.69 Å². The fourth-order valence-electron chi connectivity index (χ4n) is 2.15. The first-order valence-electron chi connectivity index (χ1n) is 6.28. The lowest BCUT2D eigenvalue weighted by atomic mass is 10.3. The van der Waals surface area contributed by atoms with Gasteiger partial charge >= 0.3 is 5.69 Å². The van der Waals surface area contributed by atoms with Crippen molar-refractivity contribution >= 4 is 20.9 Å². The number of sulfone groups is 1. The van der Waals surface area contributed by atoms with E-state index in [1.54, 1.807) is 12.1 Å². The Hall–Kier alpha value is -2.74. The number of benzene rings is 1. The molecule has 0 amide bonds. The number of fused-ring (bicyclic) bond motifs is 1. The first-order chi connectivity index (χ1) is 10.4. The smallest absolute Gasteiger partial charge is 0.273 e. The van der Waals surface area contributed by atoms with Gasteiger partial charge in [0, 0.05) is 12.5 Å².